The highest BCUT2D eigenvalue weighted by molar-refractivity contribution is 5.15. The van der Waals surface area contributed by atoms with E-state index in [0.29, 0.717) is 23.9 Å². The highest BCUT2D eigenvalue weighted by Crippen LogP contribution is 2.59. The van der Waals surface area contributed by atoms with Gasteiger partial charge in [0, 0.05) is 5.92 Å². The van der Waals surface area contributed by atoms with Gasteiger partial charge in [0.2, 0.25) is 0 Å². The van der Waals surface area contributed by atoms with E-state index in [1.54, 1.807) is 0 Å². The summed E-state index contributed by atoms with van der Waals surface area (Å²) in [6.45, 7) is 0. The smallest absolute Gasteiger partial charge is 0.100 e. The third kappa shape index (κ3) is 0.938. The van der Waals surface area contributed by atoms with Crippen LogP contribution in [0.1, 0.15) is 44.9 Å². The van der Waals surface area contributed by atoms with Gasteiger partial charge in [-0.05, 0) is 25.7 Å². The fourth-order valence-corrected chi connectivity index (χ4v) is 3.96. The Balaban J connectivity index is 1.57. The first-order valence-corrected chi connectivity index (χ1v) is 6.23. The lowest BCUT2D eigenvalue weighted by Gasteiger charge is -2.28. The molecule has 2 heteroatoms. The molecule has 0 N–H and O–H groups in total. The number of ether oxygens (including phenoxy) is 2. The monoisotopic (exact) mass is 194 g/mol. The molecule has 2 nitrogen and oxygen atoms in total. The molecule has 14 heavy (non-hydrogen) atoms. The fraction of sp³-hybridized carbons (Fsp3) is 1.00. The molecule has 0 amide bonds. The molecular weight excluding hydrogens is 176 g/mol. The molecule has 2 saturated carbocycles. The molecule has 2 aliphatic heterocycles. The van der Waals surface area contributed by atoms with Crippen molar-refractivity contribution in [2.75, 3.05) is 0 Å². The van der Waals surface area contributed by atoms with Crippen molar-refractivity contribution >= 4 is 0 Å². The van der Waals surface area contributed by atoms with E-state index in [2.05, 4.69) is 0 Å². The molecule has 4 aliphatic rings. The number of fused-ring (bicyclic) bond motifs is 2. The summed E-state index contributed by atoms with van der Waals surface area (Å²) in [5.41, 5.74) is 0.304. The molecule has 5 atom stereocenters. The summed E-state index contributed by atoms with van der Waals surface area (Å²) in [5, 5.41) is 0. The summed E-state index contributed by atoms with van der Waals surface area (Å²) in [6, 6.07) is 0. The average molecular weight is 194 g/mol. The van der Waals surface area contributed by atoms with Crippen molar-refractivity contribution in [1.82, 2.24) is 0 Å². The topological polar surface area (TPSA) is 25.1 Å². The maximum absolute atomic E-state index is 6.02. The summed E-state index contributed by atoms with van der Waals surface area (Å²) in [6.07, 6.45) is 11.2. The molecule has 0 aromatic rings. The lowest BCUT2D eigenvalue weighted by atomic mass is 9.73. The van der Waals surface area contributed by atoms with E-state index in [1.807, 2.05) is 0 Å². The largest absolute Gasteiger partial charge is 0.369 e. The van der Waals surface area contributed by atoms with Crippen LogP contribution < -0.4 is 0 Å². The summed E-state index contributed by atoms with van der Waals surface area (Å²) < 4.78 is 11.8. The summed E-state index contributed by atoms with van der Waals surface area (Å²) in [4.78, 5) is 0. The maximum atomic E-state index is 6.02. The molecule has 0 aromatic carbocycles. The SMILES string of the molecule is C1CCC2(C3CCCC4OC43)OC2C1. The van der Waals surface area contributed by atoms with Crippen LogP contribution in [0.4, 0.5) is 0 Å². The first kappa shape index (κ1) is 8.12. The molecule has 2 saturated heterocycles. The normalized spacial score (nSPS) is 60.0. The summed E-state index contributed by atoms with van der Waals surface area (Å²) in [7, 11) is 0. The molecule has 0 bridgehead atoms. The Morgan fingerprint density at radius 2 is 2.00 bits per heavy atom. The maximum Gasteiger partial charge on any atom is 0.100 e. The van der Waals surface area contributed by atoms with Crippen LogP contribution in [-0.4, -0.2) is 23.9 Å². The van der Waals surface area contributed by atoms with Crippen molar-refractivity contribution < 1.29 is 9.47 Å². The van der Waals surface area contributed by atoms with Gasteiger partial charge >= 0.3 is 0 Å². The number of hydrogen-bond acceptors (Lipinski definition) is 2. The minimum Gasteiger partial charge on any atom is -0.369 e. The molecular formula is C12H18O2. The van der Waals surface area contributed by atoms with E-state index < -0.39 is 0 Å². The lowest BCUT2D eigenvalue weighted by molar-refractivity contribution is 0.156. The van der Waals surface area contributed by atoms with Crippen LogP contribution in [0.3, 0.4) is 0 Å². The minimum atomic E-state index is 0.304. The van der Waals surface area contributed by atoms with E-state index in [0.717, 1.165) is 5.92 Å². The van der Waals surface area contributed by atoms with E-state index >= 15 is 0 Å². The van der Waals surface area contributed by atoms with Gasteiger partial charge in [-0.1, -0.05) is 19.3 Å². The van der Waals surface area contributed by atoms with Gasteiger partial charge in [0.15, 0.2) is 0 Å². The minimum absolute atomic E-state index is 0.304. The van der Waals surface area contributed by atoms with Crippen LogP contribution in [0.2, 0.25) is 0 Å². The van der Waals surface area contributed by atoms with Gasteiger partial charge in [0.25, 0.3) is 0 Å². The van der Waals surface area contributed by atoms with Crippen molar-refractivity contribution in [2.24, 2.45) is 5.92 Å². The van der Waals surface area contributed by atoms with Crippen LogP contribution in [0, 0.1) is 5.92 Å². The standard InChI is InChI=1S/C12H18O2/c1-2-7-12(10(6-1)14-12)8-4-3-5-9-11(8)13-9/h8-11H,1-7H2. The number of epoxide rings is 2. The Hall–Kier alpha value is -0.0800. The number of hydrogen-bond donors (Lipinski definition) is 0. The molecule has 0 spiro atoms. The zero-order valence-corrected chi connectivity index (χ0v) is 8.58. The van der Waals surface area contributed by atoms with Crippen molar-refractivity contribution in [3.8, 4) is 0 Å². The van der Waals surface area contributed by atoms with Crippen molar-refractivity contribution in [1.29, 1.82) is 0 Å². The second kappa shape index (κ2) is 2.53. The Kier molecular flexibility index (Phi) is 1.47. The third-order valence-electron chi connectivity index (χ3n) is 4.78. The molecule has 0 aromatic heterocycles. The predicted molar refractivity (Wildman–Crippen MR) is 52.1 cm³/mol. The molecule has 4 fully saturated rings. The Morgan fingerprint density at radius 3 is 2.93 bits per heavy atom. The summed E-state index contributed by atoms with van der Waals surface area (Å²) in [5.74, 6) is 0.756. The molecule has 2 heterocycles. The molecule has 2 aliphatic carbocycles. The van der Waals surface area contributed by atoms with Crippen LogP contribution in [0.15, 0.2) is 0 Å². The third-order valence-corrected chi connectivity index (χ3v) is 4.78. The molecule has 78 valence electrons. The van der Waals surface area contributed by atoms with Crippen molar-refractivity contribution in [3.63, 3.8) is 0 Å². The van der Waals surface area contributed by atoms with Gasteiger partial charge in [0.1, 0.15) is 5.60 Å². The van der Waals surface area contributed by atoms with Gasteiger partial charge in [-0.25, -0.2) is 0 Å². The zero-order valence-electron chi connectivity index (χ0n) is 8.58. The van der Waals surface area contributed by atoms with Gasteiger partial charge in [-0.15, -0.1) is 0 Å². The first-order chi connectivity index (χ1) is 6.90. The molecule has 4 rings (SSSR count). The van der Waals surface area contributed by atoms with Crippen molar-refractivity contribution in [2.45, 2.75) is 68.9 Å². The summed E-state index contributed by atoms with van der Waals surface area (Å²) >= 11 is 0. The first-order valence-electron chi connectivity index (χ1n) is 6.23. The second-order valence-corrected chi connectivity index (χ2v) is 5.48. The highest BCUT2D eigenvalue weighted by Gasteiger charge is 2.67. The Bertz CT molecular complexity index is 265. The highest BCUT2D eigenvalue weighted by atomic mass is 16.6. The lowest BCUT2D eigenvalue weighted by Crippen LogP contribution is -2.35. The van der Waals surface area contributed by atoms with Crippen LogP contribution in [0.5, 0.6) is 0 Å². The zero-order chi connectivity index (χ0) is 9.17. The number of rotatable bonds is 1. The van der Waals surface area contributed by atoms with Crippen LogP contribution in [0.25, 0.3) is 0 Å². The quantitative estimate of drug-likeness (QED) is 0.598. The predicted octanol–water partition coefficient (Wildman–Crippen LogP) is 2.27. The fourth-order valence-electron chi connectivity index (χ4n) is 3.96. The second-order valence-electron chi connectivity index (χ2n) is 5.48. The van der Waals surface area contributed by atoms with E-state index in [9.17, 15) is 0 Å². The van der Waals surface area contributed by atoms with Gasteiger partial charge in [-0.2, -0.15) is 0 Å². The average Bonchev–Trinajstić information content (AvgIpc) is 3.11. The van der Waals surface area contributed by atoms with E-state index in [4.69, 9.17) is 9.47 Å². The van der Waals surface area contributed by atoms with Crippen molar-refractivity contribution in [3.05, 3.63) is 0 Å². The van der Waals surface area contributed by atoms with Gasteiger partial charge in [0.05, 0.1) is 18.3 Å². The van der Waals surface area contributed by atoms with Gasteiger partial charge in [-0.3, -0.25) is 0 Å². The van der Waals surface area contributed by atoms with E-state index in [1.165, 1.54) is 44.9 Å². The molecule has 0 radical (unpaired) electrons. The Labute approximate surface area is 85.0 Å². The van der Waals surface area contributed by atoms with Gasteiger partial charge < -0.3 is 9.47 Å². The van der Waals surface area contributed by atoms with E-state index in [-0.39, 0.29) is 0 Å². The van der Waals surface area contributed by atoms with Crippen LogP contribution in [-0.2, 0) is 9.47 Å². The molecule has 5 unspecified atom stereocenters. The Morgan fingerprint density at radius 1 is 1.00 bits per heavy atom. The van der Waals surface area contributed by atoms with Crippen LogP contribution >= 0.6 is 0 Å².